The fourth-order valence-corrected chi connectivity index (χ4v) is 6.44. The van der Waals surface area contributed by atoms with Gasteiger partial charge in [-0.3, -0.25) is 0 Å². The van der Waals surface area contributed by atoms with Gasteiger partial charge in [0.1, 0.15) is 11.2 Å². The second-order valence-electron chi connectivity index (χ2n) is 11.4. The van der Waals surface area contributed by atoms with Crippen molar-refractivity contribution in [1.82, 2.24) is 9.97 Å². The van der Waals surface area contributed by atoms with Crippen LogP contribution in [0.2, 0.25) is 0 Å². The maximum Gasteiger partial charge on any atom is 0.160 e. The molecule has 7 aromatic carbocycles. The van der Waals surface area contributed by atoms with Crippen molar-refractivity contribution in [1.29, 1.82) is 0 Å². The molecule has 0 aliphatic heterocycles. The first kappa shape index (κ1) is 25.4. The molecule has 0 spiro atoms. The number of hydrogen-bond acceptors (Lipinski definition) is 3. The van der Waals surface area contributed by atoms with E-state index in [0.717, 1.165) is 72.2 Å². The number of rotatable bonds is 4. The van der Waals surface area contributed by atoms with Crippen LogP contribution in [-0.2, 0) is 0 Å². The maximum absolute atomic E-state index is 6.14. The first-order valence-corrected chi connectivity index (χ1v) is 15.2. The second-order valence-corrected chi connectivity index (χ2v) is 11.4. The molecular formula is C42H26N2O. The van der Waals surface area contributed by atoms with Crippen LogP contribution >= 0.6 is 0 Å². The summed E-state index contributed by atoms with van der Waals surface area (Å²) in [5.41, 5.74) is 10.3. The van der Waals surface area contributed by atoms with Gasteiger partial charge < -0.3 is 4.42 Å². The molecule has 210 valence electrons. The fraction of sp³-hybridized carbons (Fsp3) is 0. The summed E-state index contributed by atoms with van der Waals surface area (Å²) >= 11 is 0. The van der Waals surface area contributed by atoms with E-state index < -0.39 is 0 Å². The van der Waals surface area contributed by atoms with Crippen LogP contribution < -0.4 is 0 Å². The lowest BCUT2D eigenvalue weighted by molar-refractivity contribution is 0.669. The molecule has 0 bridgehead atoms. The summed E-state index contributed by atoms with van der Waals surface area (Å²) < 4.78 is 6.14. The minimum Gasteiger partial charge on any atom is -0.456 e. The molecule has 0 saturated heterocycles. The molecule has 3 nitrogen and oxygen atoms in total. The number of benzene rings is 7. The third-order valence-electron chi connectivity index (χ3n) is 8.68. The number of nitrogens with zero attached hydrogens (tertiary/aromatic N) is 2. The minimum absolute atomic E-state index is 0.721. The van der Waals surface area contributed by atoms with Gasteiger partial charge in [-0.05, 0) is 63.4 Å². The molecule has 0 fully saturated rings. The van der Waals surface area contributed by atoms with Gasteiger partial charge in [-0.1, -0.05) is 127 Å². The Hall–Kier alpha value is -6.06. The van der Waals surface area contributed by atoms with E-state index in [1.54, 1.807) is 0 Å². The van der Waals surface area contributed by atoms with Crippen LogP contribution in [0, 0.1) is 0 Å². The van der Waals surface area contributed by atoms with Crippen LogP contribution in [0.4, 0.5) is 0 Å². The Labute approximate surface area is 260 Å². The molecule has 0 atom stereocenters. The topological polar surface area (TPSA) is 38.9 Å². The monoisotopic (exact) mass is 574 g/mol. The molecule has 2 aromatic heterocycles. The number of furan rings is 1. The lowest BCUT2D eigenvalue weighted by atomic mass is 9.96. The van der Waals surface area contributed by atoms with Crippen molar-refractivity contribution in [3.05, 3.63) is 158 Å². The molecule has 0 aliphatic carbocycles. The number of aromatic nitrogens is 2. The van der Waals surface area contributed by atoms with E-state index in [0.29, 0.717) is 0 Å². The van der Waals surface area contributed by atoms with Crippen molar-refractivity contribution in [2.45, 2.75) is 0 Å². The average Bonchev–Trinajstić information content (AvgIpc) is 3.50. The van der Waals surface area contributed by atoms with Crippen molar-refractivity contribution in [2.75, 3.05) is 0 Å². The fourth-order valence-electron chi connectivity index (χ4n) is 6.44. The molecule has 0 radical (unpaired) electrons. The van der Waals surface area contributed by atoms with E-state index >= 15 is 0 Å². The normalized spacial score (nSPS) is 11.6. The van der Waals surface area contributed by atoms with E-state index in [1.807, 2.05) is 36.4 Å². The predicted octanol–water partition coefficient (Wildman–Crippen LogP) is 11.4. The predicted molar refractivity (Wildman–Crippen MR) is 186 cm³/mol. The lowest BCUT2D eigenvalue weighted by Gasteiger charge is -2.12. The SMILES string of the molecule is c1ccc(-c2nc(-c3ccc4ccccc4c3)c3ccc(-c4ccc(-c5cccc6oc7ccccc7c56)cc4)cc3n2)cc1. The molecule has 3 heteroatoms. The van der Waals surface area contributed by atoms with E-state index in [4.69, 9.17) is 14.4 Å². The summed E-state index contributed by atoms with van der Waals surface area (Å²) in [6.07, 6.45) is 0. The zero-order valence-electron chi connectivity index (χ0n) is 24.3. The summed E-state index contributed by atoms with van der Waals surface area (Å²) in [4.78, 5) is 10.2. The molecule has 45 heavy (non-hydrogen) atoms. The molecular weight excluding hydrogens is 548 g/mol. The average molecular weight is 575 g/mol. The minimum atomic E-state index is 0.721. The van der Waals surface area contributed by atoms with Crippen molar-refractivity contribution in [3.8, 4) is 44.9 Å². The number of fused-ring (bicyclic) bond motifs is 5. The van der Waals surface area contributed by atoms with Crippen LogP contribution in [0.1, 0.15) is 0 Å². The molecule has 9 rings (SSSR count). The van der Waals surface area contributed by atoms with Gasteiger partial charge in [0.15, 0.2) is 5.82 Å². The quantitative estimate of drug-likeness (QED) is 0.210. The Kier molecular flexibility index (Phi) is 5.82. The summed E-state index contributed by atoms with van der Waals surface area (Å²) in [6, 6.07) is 55.1. The summed E-state index contributed by atoms with van der Waals surface area (Å²) in [7, 11) is 0. The van der Waals surface area contributed by atoms with Gasteiger partial charge in [0.2, 0.25) is 0 Å². The maximum atomic E-state index is 6.14. The van der Waals surface area contributed by atoms with E-state index in [-0.39, 0.29) is 0 Å². The zero-order chi connectivity index (χ0) is 29.7. The smallest absolute Gasteiger partial charge is 0.160 e. The van der Waals surface area contributed by atoms with Gasteiger partial charge in [-0.25, -0.2) is 9.97 Å². The number of para-hydroxylation sites is 1. The standard InChI is InChI=1S/C42H26N2O/c1-2-10-30(11-3-1)42-43-37-26-32(23-24-35(37)41(44-42)33-22-19-27-9-4-5-12-31(27)25-33)28-17-20-29(21-18-28)34-14-8-16-39-40(34)36-13-6-7-15-38(36)45-39/h1-26H. The Morgan fingerprint density at radius 3 is 2.00 bits per heavy atom. The van der Waals surface area contributed by atoms with E-state index in [1.165, 1.54) is 16.3 Å². The van der Waals surface area contributed by atoms with Gasteiger partial charge in [0.05, 0.1) is 11.2 Å². The molecule has 0 unspecified atom stereocenters. The van der Waals surface area contributed by atoms with Crippen molar-refractivity contribution < 1.29 is 4.42 Å². The molecule has 0 N–H and O–H groups in total. The number of hydrogen-bond donors (Lipinski definition) is 0. The highest BCUT2D eigenvalue weighted by atomic mass is 16.3. The summed E-state index contributed by atoms with van der Waals surface area (Å²) in [6.45, 7) is 0. The largest absolute Gasteiger partial charge is 0.456 e. The van der Waals surface area contributed by atoms with Crippen LogP contribution in [-0.4, -0.2) is 9.97 Å². The van der Waals surface area contributed by atoms with Gasteiger partial charge in [0.25, 0.3) is 0 Å². The highest BCUT2D eigenvalue weighted by Gasteiger charge is 2.15. The zero-order valence-corrected chi connectivity index (χ0v) is 24.3. The summed E-state index contributed by atoms with van der Waals surface area (Å²) in [5, 5.41) is 5.73. The Bertz CT molecular complexity index is 2530. The first-order chi connectivity index (χ1) is 22.3. The van der Waals surface area contributed by atoms with Gasteiger partial charge in [-0.2, -0.15) is 0 Å². The van der Waals surface area contributed by atoms with E-state index in [9.17, 15) is 0 Å². The van der Waals surface area contributed by atoms with Gasteiger partial charge in [0, 0.05) is 27.3 Å². The van der Waals surface area contributed by atoms with Crippen LogP contribution in [0.15, 0.2) is 162 Å². The van der Waals surface area contributed by atoms with Crippen molar-refractivity contribution >= 4 is 43.6 Å². The van der Waals surface area contributed by atoms with E-state index in [2.05, 4.69) is 121 Å². The highest BCUT2D eigenvalue weighted by molar-refractivity contribution is 6.12. The molecule has 0 saturated carbocycles. The van der Waals surface area contributed by atoms with Crippen molar-refractivity contribution in [3.63, 3.8) is 0 Å². The van der Waals surface area contributed by atoms with Crippen molar-refractivity contribution in [2.24, 2.45) is 0 Å². The first-order valence-electron chi connectivity index (χ1n) is 15.2. The Morgan fingerprint density at radius 2 is 1.11 bits per heavy atom. The second kappa shape index (κ2) is 10.3. The van der Waals surface area contributed by atoms with Crippen LogP contribution in [0.5, 0.6) is 0 Å². The van der Waals surface area contributed by atoms with Crippen LogP contribution in [0.3, 0.4) is 0 Å². The third kappa shape index (κ3) is 4.37. The Balaban J connectivity index is 1.16. The third-order valence-corrected chi connectivity index (χ3v) is 8.68. The highest BCUT2D eigenvalue weighted by Crippen LogP contribution is 2.38. The van der Waals surface area contributed by atoms with Gasteiger partial charge in [-0.15, -0.1) is 0 Å². The molecule has 0 amide bonds. The molecule has 2 heterocycles. The lowest BCUT2D eigenvalue weighted by Crippen LogP contribution is -1.95. The van der Waals surface area contributed by atoms with Crippen LogP contribution in [0.25, 0.3) is 88.5 Å². The molecule has 9 aromatic rings. The molecule has 0 aliphatic rings. The van der Waals surface area contributed by atoms with Gasteiger partial charge >= 0.3 is 0 Å². The summed E-state index contributed by atoms with van der Waals surface area (Å²) in [5.74, 6) is 0.721. The Morgan fingerprint density at radius 1 is 0.400 bits per heavy atom.